The van der Waals surface area contributed by atoms with Crippen LogP contribution in [0.4, 0.5) is 0 Å². The zero-order valence-electron chi connectivity index (χ0n) is 18.3. The number of rotatable bonds is 10. The van der Waals surface area contributed by atoms with Crippen LogP contribution in [0, 0.1) is 6.92 Å². The molecule has 2 N–H and O–H groups in total. The van der Waals surface area contributed by atoms with Crippen LogP contribution in [-0.4, -0.2) is 58.3 Å². The molecule has 1 aromatic carbocycles. The van der Waals surface area contributed by atoms with E-state index in [0.29, 0.717) is 11.4 Å². The lowest BCUT2D eigenvalue weighted by Gasteiger charge is -2.26. The van der Waals surface area contributed by atoms with Gasteiger partial charge < -0.3 is 15.5 Å². The lowest BCUT2D eigenvalue weighted by molar-refractivity contribution is 0.224. The second kappa shape index (κ2) is 12.2. The standard InChI is InChI=1S/C22H38N4O2S/c1-4-23-22(24-13-7-5-8-14-26-15-9-6-10-16-26)25-18-20-11-12-21(19(2)17-20)29(3,27)28/h11-12,17H,4-10,13-16,18H2,1-3H3,(H2,23,24,25). The maximum absolute atomic E-state index is 11.7. The van der Waals surface area contributed by atoms with Crippen molar-refractivity contribution in [3.8, 4) is 0 Å². The Labute approximate surface area is 177 Å². The molecule has 29 heavy (non-hydrogen) atoms. The molecule has 0 aliphatic carbocycles. The van der Waals surface area contributed by atoms with Gasteiger partial charge in [0.05, 0.1) is 11.4 Å². The lowest BCUT2D eigenvalue weighted by Crippen LogP contribution is -2.37. The van der Waals surface area contributed by atoms with Gasteiger partial charge >= 0.3 is 0 Å². The largest absolute Gasteiger partial charge is 0.357 e. The zero-order valence-corrected chi connectivity index (χ0v) is 19.2. The summed E-state index contributed by atoms with van der Waals surface area (Å²) >= 11 is 0. The number of sulfone groups is 1. The maximum atomic E-state index is 11.7. The van der Waals surface area contributed by atoms with Crippen LogP contribution in [0.2, 0.25) is 0 Å². The van der Waals surface area contributed by atoms with E-state index in [4.69, 9.17) is 0 Å². The van der Waals surface area contributed by atoms with Crippen molar-refractivity contribution < 1.29 is 8.42 Å². The van der Waals surface area contributed by atoms with Gasteiger partial charge in [-0.1, -0.05) is 25.0 Å². The van der Waals surface area contributed by atoms with Gasteiger partial charge in [-0.25, -0.2) is 13.4 Å². The van der Waals surface area contributed by atoms with Crippen LogP contribution in [0.3, 0.4) is 0 Å². The average molecular weight is 423 g/mol. The van der Waals surface area contributed by atoms with Gasteiger partial charge in [-0.05, 0) is 76.4 Å². The van der Waals surface area contributed by atoms with E-state index < -0.39 is 9.84 Å². The van der Waals surface area contributed by atoms with Crippen LogP contribution in [-0.2, 0) is 16.4 Å². The molecule has 0 aromatic heterocycles. The van der Waals surface area contributed by atoms with E-state index in [1.807, 2.05) is 19.1 Å². The highest BCUT2D eigenvalue weighted by Crippen LogP contribution is 2.17. The van der Waals surface area contributed by atoms with Crippen LogP contribution in [0.1, 0.15) is 56.6 Å². The van der Waals surface area contributed by atoms with Crippen molar-refractivity contribution in [3.63, 3.8) is 0 Å². The molecule has 1 aliphatic heterocycles. The highest BCUT2D eigenvalue weighted by atomic mass is 32.2. The summed E-state index contributed by atoms with van der Waals surface area (Å²) in [6, 6.07) is 5.43. The zero-order chi connectivity index (χ0) is 21.1. The third-order valence-corrected chi connectivity index (χ3v) is 6.55. The Morgan fingerprint density at radius 2 is 1.86 bits per heavy atom. The van der Waals surface area contributed by atoms with E-state index in [1.165, 1.54) is 58.0 Å². The number of piperidine rings is 1. The fourth-order valence-electron chi connectivity index (χ4n) is 3.76. The van der Waals surface area contributed by atoms with Gasteiger partial charge in [0.25, 0.3) is 0 Å². The van der Waals surface area contributed by atoms with E-state index in [1.54, 1.807) is 6.07 Å². The summed E-state index contributed by atoms with van der Waals surface area (Å²) in [6.45, 7) is 9.93. The van der Waals surface area contributed by atoms with Crippen molar-refractivity contribution in [1.82, 2.24) is 15.5 Å². The van der Waals surface area contributed by atoms with Crippen molar-refractivity contribution in [3.05, 3.63) is 29.3 Å². The van der Waals surface area contributed by atoms with Gasteiger partial charge in [0.15, 0.2) is 15.8 Å². The highest BCUT2D eigenvalue weighted by molar-refractivity contribution is 7.90. The van der Waals surface area contributed by atoms with E-state index in [-0.39, 0.29) is 0 Å². The monoisotopic (exact) mass is 422 g/mol. The molecule has 1 aromatic rings. The van der Waals surface area contributed by atoms with Crippen LogP contribution < -0.4 is 10.6 Å². The molecule has 6 nitrogen and oxygen atoms in total. The molecule has 0 spiro atoms. The van der Waals surface area contributed by atoms with Crippen molar-refractivity contribution in [2.24, 2.45) is 4.99 Å². The van der Waals surface area contributed by atoms with Crippen molar-refractivity contribution in [2.75, 3.05) is 39.0 Å². The van der Waals surface area contributed by atoms with Crippen LogP contribution in [0.15, 0.2) is 28.1 Å². The first-order valence-corrected chi connectivity index (χ1v) is 12.8. The predicted molar refractivity (Wildman–Crippen MR) is 121 cm³/mol. The second-order valence-electron chi connectivity index (χ2n) is 7.96. The molecule has 0 bridgehead atoms. The molecule has 7 heteroatoms. The first kappa shape index (κ1) is 23.7. The average Bonchev–Trinajstić information content (AvgIpc) is 2.68. The summed E-state index contributed by atoms with van der Waals surface area (Å²) in [6.07, 6.45) is 9.00. The molecule has 2 rings (SSSR count). The van der Waals surface area contributed by atoms with Crippen molar-refractivity contribution >= 4 is 15.8 Å². The van der Waals surface area contributed by atoms with E-state index in [9.17, 15) is 8.42 Å². The quantitative estimate of drug-likeness (QED) is 0.344. The minimum absolute atomic E-state index is 0.389. The van der Waals surface area contributed by atoms with Crippen molar-refractivity contribution in [1.29, 1.82) is 0 Å². The third kappa shape index (κ3) is 8.74. The van der Waals surface area contributed by atoms with Gasteiger partial charge in [0.1, 0.15) is 0 Å². The number of likely N-dealkylation sites (tertiary alicyclic amines) is 1. The summed E-state index contributed by atoms with van der Waals surface area (Å²) in [5, 5.41) is 6.69. The van der Waals surface area contributed by atoms with Gasteiger partial charge in [-0.15, -0.1) is 0 Å². The third-order valence-electron chi connectivity index (χ3n) is 5.30. The first-order valence-electron chi connectivity index (χ1n) is 10.9. The summed E-state index contributed by atoms with van der Waals surface area (Å²) in [7, 11) is -3.18. The molecular formula is C22H38N4O2S. The van der Waals surface area contributed by atoms with Gasteiger partial charge in [0, 0.05) is 19.3 Å². The number of benzene rings is 1. The summed E-state index contributed by atoms with van der Waals surface area (Å²) < 4.78 is 23.5. The summed E-state index contributed by atoms with van der Waals surface area (Å²) in [4.78, 5) is 7.63. The van der Waals surface area contributed by atoms with E-state index in [2.05, 4.69) is 27.4 Å². The Balaban J connectivity index is 1.75. The minimum Gasteiger partial charge on any atom is -0.357 e. The number of hydrogen-bond donors (Lipinski definition) is 2. The Bertz CT molecular complexity index is 756. The number of nitrogens with zero attached hydrogens (tertiary/aromatic N) is 2. The number of guanidine groups is 1. The molecule has 0 radical (unpaired) electrons. The minimum atomic E-state index is -3.18. The molecule has 1 saturated heterocycles. The lowest BCUT2D eigenvalue weighted by atomic mass is 10.1. The van der Waals surface area contributed by atoms with Crippen LogP contribution >= 0.6 is 0 Å². The molecule has 0 unspecified atom stereocenters. The number of aliphatic imine (C=N–C) groups is 1. The van der Waals surface area contributed by atoms with Gasteiger partial charge in [-0.3, -0.25) is 0 Å². The fourth-order valence-corrected chi connectivity index (χ4v) is 4.72. The van der Waals surface area contributed by atoms with E-state index in [0.717, 1.165) is 36.6 Å². The molecule has 0 atom stereocenters. The molecule has 0 amide bonds. The Kier molecular flexibility index (Phi) is 9.94. The number of unbranched alkanes of at least 4 members (excludes halogenated alkanes) is 2. The molecule has 1 fully saturated rings. The first-order chi connectivity index (χ1) is 13.9. The maximum Gasteiger partial charge on any atom is 0.191 e. The Morgan fingerprint density at radius 1 is 1.10 bits per heavy atom. The molecule has 0 saturated carbocycles. The topological polar surface area (TPSA) is 73.8 Å². The van der Waals surface area contributed by atoms with Crippen LogP contribution in [0.25, 0.3) is 0 Å². The fraction of sp³-hybridized carbons (Fsp3) is 0.682. The SMILES string of the molecule is CCNC(=NCc1ccc(S(C)(=O)=O)c(C)c1)NCCCCCN1CCCCC1. The molecular weight excluding hydrogens is 384 g/mol. The van der Waals surface area contributed by atoms with Gasteiger partial charge in [0.2, 0.25) is 0 Å². The molecule has 164 valence electrons. The van der Waals surface area contributed by atoms with Crippen molar-refractivity contribution in [2.45, 2.75) is 63.8 Å². The number of aryl methyl sites for hydroxylation is 1. The molecule has 1 aliphatic rings. The van der Waals surface area contributed by atoms with Gasteiger partial charge in [-0.2, -0.15) is 0 Å². The number of hydrogen-bond acceptors (Lipinski definition) is 4. The summed E-state index contributed by atoms with van der Waals surface area (Å²) in [5.41, 5.74) is 1.78. The van der Waals surface area contributed by atoms with E-state index >= 15 is 0 Å². The number of nitrogens with one attached hydrogen (secondary N) is 2. The smallest absolute Gasteiger partial charge is 0.191 e. The highest BCUT2D eigenvalue weighted by Gasteiger charge is 2.11. The predicted octanol–water partition coefficient (Wildman–Crippen LogP) is 3.11. The Hall–Kier alpha value is -1.60. The summed E-state index contributed by atoms with van der Waals surface area (Å²) in [5.74, 6) is 0.813. The second-order valence-corrected chi connectivity index (χ2v) is 9.94. The normalized spacial score (nSPS) is 16.0. The molecule has 1 heterocycles. The van der Waals surface area contributed by atoms with Crippen LogP contribution in [0.5, 0.6) is 0 Å². The Morgan fingerprint density at radius 3 is 2.52 bits per heavy atom.